The molecule has 1 aromatic carbocycles. The van der Waals surface area contributed by atoms with Gasteiger partial charge in [-0.3, -0.25) is 4.57 Å². The molecule has 1 aliphatic carbocycles. The molecular weight excluding hydrogens is 415 g/mol. The molecule has 27 heavy (non-hydrogen) atoms. The van der Waals surface area contributed by atoms with Crippen molar-refractivity contribution in [3.63, 3.8) is 0 Å². The Morgan fingerprint density at radius 3 is 2.67 bits per heavy atom. The number of imidazole rings is 1. The number of hydrogen-bond donors (Lipinski definition) is 0. The average molecular weight is 441 g/mol. The molecule has 7 heteroatoms. The Hall–Kier alpha value is -1.47. The largest absolute Gasteiger partial charge is 0.461 e. The molecule has 3 rings (SSSR count). The summed E-state index contributed by atoms with van der Waals surface area (Å²) in [6.45, 7) is 4.28. The number of aryl methyl sites for hydroxylation is 1. The molecule has 0 N–H and O–H groups in total. The van der Waals surface area contributed by atoms with Crippen molar-refractivity contribution in [1.82, 2.24) is 9.55 Å². The first-order chi connectivity index (χ1) is 12.8. The Kier molecular flexibility index (Phi) is 6.52. The Labute approximate surface area is 167 Å². The van der Waals surface area contributed by atoms with Gasteiger partial charge in [-0.2, -0.15) is 4.98 Å². The van der Waals surface area contributed by atoms with Crippen LogP contribution < -0.4 is 4.74 Å². The van der Waals surface area contributed by atoms with Crippen LogP contribution >= 0.6 is 15.9 Å². The van der Waals surface area contributed by atoms with Gasteiger partial charge in [-0.1, -0.05) is 6.92 Å². The summed E-state index contributed by atoms with van der Waals surface area (Å²) < 4.78 is 28.4. The van der Waals surface area contributed by atoms with Crippen LogP contribution in [-0.4, -0.2) is 34.1 Å². The first kappa shape index (κ1) is 20.3. The molecule has 0 saturated heterocycles. The van der Waals surface area contributed by atoms with Crippen LogP contribution in [0.2, 0.25) is 0 Å². The molecule has 148 valence electrons. The molecule has 1 aromatic heterocycles. The predicted molar refractivity (Wildman–Crippen MR) is 105 cm³/mol. The highest BCUT2D eigenvalue weighted by atomic mass is 79.9. The Morgan fingerprint density at radius 1 is 1.33 bits per heavy atom. The molecule has 1 aliphatic rings. The zero-order valence-corrected chi connectivity index (χ0v) is 17.6. The van der Waals surface area contributed by atoms with Crippen molar-refractivity contribution < 1.29 is 18.7 Å². The van der Waals surface area contributed by atoms with E-state index in [0.29, 0.717) is 34.5 Å². The molecule has 1 heterocycles. The van der Waals surface area contributed by atoms with E-state index in [9.17, 15) is 9.18 Å². The van der Waals surface area contributed by atoms with E-state index in [1.807, 2.05) is 6.92 Å². The smallest absolute Gasteiger partial charge is 0.297 e. The van der Waals surface area contributed by atoms with Crippen molar-refractivity contribution in [3.05, 3.63) is 22.4 Å². The maximum absolute atomic E-state index is 14.3. The van der Waals surface area contributed by atoms with Crippen LogP contribution in [0, 0.1) is 11.7 Å². The lowest BCUT2D eigenvalue weighted by Crippen LogP contribution is -2.30. The number of hydrogen-bond acceptors (Lipinski definition) is 4. The van der Waals surface area contributed by atoms with Crippen LogP contribution in [-0.2, 0) is 16.6 Å². The van der Waals surface area contributed by atoms with Gasteiger partial charge < -0.3 is 14.3 Å². The number of aromatic nitrogens is 2. The highest BCUT2D eigenvalue weighted by Gasteiger charge is 2.25. The fourth-order valence-corrected chi connectivity index (χ4v) is 3.95. The number of carbonyl (C=O) groups is 1. The zero-order chi connectivity index (χ0) is 19.6. The lowest BCUT2D eigenvalue weighted by molar-refractivity contribution is -0.118. The molecular formula is C20H26BrFN2O3. The molecule has 2 aromatic rings. The van der Waals surface area contributed by atoms with Gasteiger partial charge in [0.2, 0.25) is 0 Å². The van der Waals surface area contributed by atoms with Crippen LogP contribution in [0.5, 0.6) is 6.01 Å². The lowest BCUT2D eigenvalue weighted by atomic mass is 9.95. The number of carbonyl (C=O) groups excluding carboxylic acids is 1. The van der Waals surface area contributed by atoms with Crippen LogP contribution in [0.25, 0.3) is 11.0 Å². The minimum absolute atomic E-state index is 0.0570. The van der Waals surface area contributed by atoms with E-state index in [2.05, 4.69) is 20.9 Å². The Bertz CT molecular complexity index is 815. The van der Waals surface area contributed by atoms with Crippen LogP contribution in [0.3, 0.4) is 0 Å². The van der Waals surface area contributed by atoms with Crippen LogP contribution in [0.1, 0.15) is 46.0 Å². The second-order valence-electron chi connectivity index (χ2n) is 7.54. The van der Waals surface area contributed by atoms with E-state index in [-0.39, 0.29) is 29.7 Å². The monoisotopic (exact) mass is 440 g/mol. The van der Waals surface area contributed by atoms with Crippen molar-refractivity contribution in [2.24, 2.45) is 13.0 Å². The minimum Gasteiger partial charge on any atom is -0.461 e. The van der Waals surface area contributed by atoms with Crippen molar-refractivity contribution in [1.29, 1.82) is 0 Å². The molecule has 1 saturated carbocycles. The number of ketones is 1. The number of nitrogens with zero attached hydrogens (tertiary/aromatic N) is 2. The third-order valence-corrected chi connectivity index (χ3v) is 5.64. The molecule has 0 radical (unpaired) electrons. The highest BCUT2D eigenvalue weighted by molar-refractivity contribution is 9.10. The molecule has 0 amide bonds. The highest BCUT2D eigenvalue weighted by Crippen LogP contribution is 2.30. The molecule has 0 spiro atoms. The molecule has 5 nitrogen and oxygen atoms in total. The predicted octanol–water partition coefficient (Wildman–Crippen LogP) is 4.80. The Morgan fingerprint density at radius 2 is 2.00 bits per heavy atom. The molecule has 1 fully saturated rings. The average Bonchev–Trinajstić information content (AvgIpc) is 2.93. The third kappa shape index (κ3) is 4.88. The molecule has 0 aliphatic heterocycles. The van der Waals surface area contributed by atoms with E-state index in [1.54, 1.807) is 30.7 Å². The van der Waals surface area contributed by atoms with Crippen molar-refractivity contribution in [2.75, 3.05) is 6.61 Å². The number of benzene rings is 1. The summed E-state index contributed by atoms with van der Waals surface area (Å²) in [6.07, 6.45) is 4.43. The van der Waals surface area contributed by atoms with Gasteiger partial charge in [-0.15, -0.1) is 0 Å². The van der Waals surface area contributed by atoms with E-state index >= 15 is 0 Å². The normalized spacial score (nSPS) is 21.4. The van der Waals surface area contributed by atoms with Crippen molar-refractivity contribution in [3.8, 4) is 6.01 Å². The van der Waals surface area contributed by atoms with Gasteiger partial charge in [0.05, 0.1) is 16.1 Å². The van der Waals surface area contributed by atoms with E-state index in [0.717, 1.165) is 25.7 Å². The van der Waals surface area contributed by atoms with E-state index < -0.39 is 0 Å². The fourth-order valence-electron chi connectivity index (χ4n) is 3.63. The van der Waals surface area contributed by atoms with Gasteiger partial charge in [-0.25, -0.2) is 4.39 Å². The van der Waals surface area contributed by atoms with Gasteiger partial charge in [0.15, 0.2) is 5.82 Å². The molecule has 0 unspecified atom stereocenters. The summed E-state index contributed by atoms with van der Waals surface area (Å²) in [5.74, 6) is 0.133. The maximum Gasteiger partial charge on any atom is 0.297 e. The molecule has 1 atom stereocenters. The van der Waals surface area contributed by atoms with Crippen molar-refractivity contribution >= 4 is 32.7 Å². The summed E-state index contributed by atoms with van der Waals surface area (Å²) in [5.41, 5.74) is 1.03. The van der Waals surface area contributed by atoms with Gasteiger partial charge >= 0.3 is 0 Å². The quantitative estimate of drug-likeness (QED) is 0.620. The first-order valence-electron chi connectivity index (χ1n) is 9.43. The third-order valence-electron chi connectivity index (χ3n) is 5.03. The minimum atomic E-state index is -0.325. The van der Waals surface area contributed by atoms with Gasteiger partial charge in [-0.05, 0) is 66.6 Å². The zero-order valence-electron chi connectivity index (χ0n) is 16.0. The van der Waals surface area contributed by atoms with Crippen LogP contribution in [0.4, 0.5) is 4.39 Å². The number of rotatable bonds is 7. The molecule has 0 bridgehead atoms. The summed E-state index contributed by atoms with van der Waals surface area (Å²) in [5, 5.41) is 0. The van der Waals surface area contributed by atoms with E-state index in [4.69, 9.17) is 9.47 Å². The van der Waals surface area contributed by atoms with Gasteiger partial charge in [0.25, 0.3) is 6.01 Å². The number of Topliss-reactive ketones (excluding diaryl/α,β-unsaturated/α-hetero) is 1. The lowest BCUT2D eigenvalue weighted by Gasteiger charge is -2.29. The van der Waals surface area contributed by atoms with Crippen LogP contribution in [0.15, 0.2) is 16.6 Å². The summed E-state index contributed by atoms with van der Waals surface area (Å²) in [4.78, 5) is 15.6. The summed E-state index contributed by atoms with van der Waals surface area (Å²) in [7, 11) is 1.77. The number of fused-ring (bicyclic) bond motifs is 1. The Balaban J connectivity index is 1.54. The summed E-state index contributed by atoms with van der Waals surface area (Å²) >= 11 is 3.21. The maximum atomic E-state index is 14.3. The number of halogens is 2. The topological polar surface area (TPSA) is 53.4 Å². The number of ether oxygens (including phenoxy) is 2. The second kappa shape index (κ2) is 8.69. The van der Waals surface area contributed by atoms with Gasteiger partial charge in [0, 0.05) is 20.1 Å². The first-order valence-corrected chi connectivity index (χ1v) is 10.2. The van der Waals surface area contributed by atoms with Gasteiger partial charge in [0.1, 0.15) is 17.4 Å². The second-order valence-corrected chi connectivity index (χ2v) is 8.40. The SMILES string of the molecule is CC(=O)C[C@@H](C)COC1CCC(Oc2nc3ccc(Br)c(F)c3n2C)CC1. The van der Waals surface area contributed by atoms with Crippen molar-refractivity contribution in [2.45, 2.75) is 58.2 Å². The fraction of sp³-hybridized carbons (Fsp3) is 0.600. The summed E-state index contributed by atoms with van der Waals surface area (Å²) in [6, 6.07) is 3.88. The standard InChI is InChI=1S/C20H26BrFN2O3/c1-12(10-13(2)25)11-26-14-4-6-15(7-5-14)27-20-23-17-9-8-16(21)18(22)19(17)24(20)3/h8-9,12,14-15H,4-7,10-11H2,1-3H3/t12-,14?,15?/m1/s1. The van der Waals surface area contributed by atoms with E-state index in [1.165, 1.54) is 0 Å².